The summed E-state index contributed by atoms with van der Waals surface area (Å²) in [6, 6.07) is 14.5. The maximum atomic E-state index is 12.9. The second-order valence-corrected chi connectivity index (χ2v) is 6.03. The number of carboxylic acid groups (broad SMARTS) is 1. The summed E-state index contributed by atoms with van der Waals surface area (Å²) < 4.78 is 0. The van der Waals surface area contributed by atoms with Gasteiger partial charge in [-0.3, -0.25) is 9.59 Å². The molecule has 0 aliphatic carbocycles. The first-order chi connectivity index (χ1) is 11.6. The molecule has 4 nitrogen and oxygen atoms in total. The number of likely N-dealkylation sites (N-methyl/N-ethyl adjacent to an activating group) is 1. The molecule has 4 heteroatoms. The molecule has 124 valence electrons. The van der Waals surface area contributed by atoms with Gasteiger partial charge < -0.3 is 10.0 Å². The normalized spacial score (nSPS) is 19.9. The number of carbonyl (C=O) groups is 2. The highest BCUT2D eigenvalue weighted by Crippen LogP contribution is 2.42. The summed E-state index contributed by atoms with van der Waals surface area (Å²) in [4.78, 5) is 26.6. The van der Waals surface area contributed by atoms with Crippen LogP contribution in [0.1, 0.15) is 52.9 Å². The molecular weight excluding hydrogens is 302 g/mol. The van der Waals surface area contributed by atoms with Gasteiger partial charge in [-0.1, -0.05) is 49.4 Å². The van der Waals surface area contributed by atoms with Crippen LogP contribution >= 0.6 is 0 Å². The number of carboxylic acids is 1. The van der Waals surface area contributed by atoms with Crippen molar-refractivity contribution >= 4 is 11.9 Å². The molecule has 0 saturated heterocycles. The molecule has 0 aromatic heterocycles. The number of nitrogens with zero attached hydrogens (tertiary/aromatic N) is 1. The van der Waals surface area contributed by atoms with Crippen LogP contribution < -0.4 is 0 Å². The molecule has 3 rings (SSSR count). The lowest BCUT2D eigenvalue weighted by Gasteiger charge is -2.40. The Balaban J connectivity index is 2.17. The summed E-state index contributed by atoms with van der Waals surface area (Å²) in [6.45, 7) is 4.43. The van der Waals surface area contributed by atoms with Gasteiger partial charge in [-0.2, -0.15) is 0 Å². The number of amides is 1. The minimum Gasteiger partial charge on any atom is -0.481 e. The van der Waals surface area contributed by atoms with E-state index in [9.17, 15) is 14.7 Å². The number of hydrogen-bond donors (Lipinski definition) is 1. The van der Waals surface area contributed by atoms with E-state index in [1.807, 2.05) is 31.2 Å². The zero-order valence-electron chi connectivity index (χ0n) is 13.9. The lowest BCUT2D eigenvalue weighted by atomic mass is 9.79. The smallest absolute Gasteiger partial charge is 0.313 e. The number of aliphatic carboxylic acids is 1. The van der Waals surface area contributed by atoms with E-state index >= 15 is 0 Å². The van der Waals surface area contributed by atoms with Crippen LogP contribution in [-0.2, 0) is 11.2 Å². The number of hydrogen-bond acceptors (Lipinski definition) is 2. The Morgan fingerprint density at radius 3 is 2.33 bits per heavy atom. The summed E-state index contributed by atoms with van der Waals surface area (Å²) in [5, 5.41) is 9.88. The molecule has 0 radical (unpaired) electrons. The Labute approximate surface area is 141 Å². The number of benzene rings is 2. The molecular formula is C20H21NO3. The zero-order chi connectivity index (χ0) is 17.3. The van der Waals surface area contributed by atoms with Crippen molar-refractivity contribution in [3.8, 4) is 0 Å². The first kappa shape index (κ1) is 16.2. The van der Waals surface area contributed by atoms with Gasteiger partial charge in [-0.15, -0.1) is 0 Å². The number of aryl methyl sites for hydroxylation is 1. The van der Waals surface area contributed by atoms with Gasteiger partial charge >= 0.3 is 5.97 Å². The van der Waals surface area contributed by atoms with Crippen molar-refractivity contribution in [2.24, 2.45) is 0 Å². The summed E-state index contributed by atoms with van der Waals surface area (Å²) in [5.41, 5.74) is 3.15. The van der Waals surface area contributed by atoms with Gasteiger partial charge in [0.15, 0.2) is 0 Å². The first-order valence-corrected chi connectivity index (χ1v) is 8.30. The fraction of sp³-hybridized carbons (Fsp3) is 0.300. The molecule has 2 aromatic rings. The van der Waals surface area contributed by atoms with Crippen molar-refractivity contribution in [3.63, 3.8) is 0 Å². The van der Waals surface area contributed by atoms with E-state index in [0.29, 0.717) is 17.7 Å². The predicted molar refractivity (Wildman–Crippen MR) is 92.1 cm³/mol. The van der Waals surface area contributed by atoms with Gasteiger partial charge in [-0.25, -0.2) is 0 Å². The number of fused-ring (bicyclic) bond motifs is 1. The average Bonchev–Trinajstić information content (AvgIpc) is 2.61. The molecule has 24 heavy (non-hydrogen) atoms. The predicted octanol–water partition coefficient (Wildman–Crippen LogP) is 3.63. The molecule has 1 heterocycles. The van der Waals surface area contributed by atoms with E-state index in [4.69, 9.17) is 0 Å². The average molecular weight is 323 g/mol. The number of rotatable bonds is 4. The molecule has 1 N–H and O–H groups in total. The summed E-state index contributed by atoms with van der Waals surface area (Å²) in [6.07, 6.45) is 0.923. The Bertz CT molecular complexity index is 767. The van der Waals surface area contributed by atoms with Crippen molar-refractivity contribution in [1.29, 1.82) is 0 Å². The lowest BCUT2D eigenvalue weighted by Crippen LogP contribution is -2.44. The van der Waals surface area contributed by atoms with Crippen molar-refractivity contribution in [3.05, 3.63) is 70.8 Å². The van der Waals surface area contributed by atoms with Gasteiger partial charge in [0, 0.05) is 12.1 Å². The van der Waals surface area contributed by atoms with Gasteiger partial charge in [0.25, 0.3) is 5.91 Å². The molecule has 0 saturated carbocycles. The highest BCUT2D eigenvalue weighted by Gasteiger charge is 2.43. The van der Waals surface area contributed by atoms with Crippen LogP contribution in [0.25, 0.3) is 0 Å². The van der Waals surface area contributed by atoms with Gasteiger partial charge in [0.1, 0.15) is 5.92 Å². The van der Waals surface area contributed by atoms with Crippen molar-refractivity contribution in [1.82, 2.24) is 4.90 Å². The van der Waals surface area contributed by atoms with E-state index in [-0.39, 0.29) is 5.91 Å². The second-order valence-electron chi connectivity index (χ2n) is 6.03. The lowest BCUT2D eigenvalue weighted by molar-refractivity contribution is -0.140. The quantitative estimate of drug-likeness (QED) is 0.934. The highest BCUT2D eigenvalue weighted by molar-refractivity contribution is 6.00. The van der Waals surface area contributed by atoms with Crippen LogP contribution in [0.2, 0.25) is 0 Å². The fourth-order valence-corrected chi connectivity index (χ4v) is 3.53. The second kappa shape index (κ2) is 6.48. The third kappa shape index (κ3) is 2.58. The molecule has 0 spiro atoms. The maximum Gasteiger partial charge on any atom is 0.313 e. The third-order valence-electron chi connectivity index (χ3n) is 4.77. The Morgan fingerprint density at radius 2 is 1.75 bits per heavy atom. The molecule has 1 amide bonds. The highest BCUT2D eigenvalue weighted by atomic mass is 16.4. The van der Waals surface area contributed by atoms with Gasteiger partial charge in [0.05, 0.1) is 6.04 Å². The van der Waals surface area contributed by atoms with Crippen molar-refractivity contribution < 1.29 is 14.7 Å². The fourth-order valence-electron chi connectivity index (χ4n) is 3.53. The topological polar surface area (TPSA) is 57.6 Å². The molecule has 1 aliphatic rings. The maximum absolute atomic E-state index is 12.9. The standard InChI is InChI=1S/C20H21NO3/c1-3-13-9-11-14(12-10-13)18-17(20(23)24)15-7-5-6-8-16(15)19(22)21(18)4-2/h5-12,17-18H,3-4H2,1-2H3,(H,23,24). The first-order valence-electron chi connectivity index (χ1n) is 8.30. The van der Waals surface area contributed by atoms with Crippen LogP contribution in [0.15, 0.2) is 48.5 Å². The van der Waals surface area contributed by atoms with Gasteiger partial charge in [-0.05, 0) is 36.1 Å². The van der Waals surface area contributed by atoms with Crippen LogP contribution in [0.3, 0.4) is 0 Å². The summed E-state index contributed by atoms with van der Waals surface area (Å²) >= 11 is 0. The molecule has 2 aromatic carbocycles. The molecule has 0 bridgehead atoms. The molecule has 2 unspecified atom stereocenters. The van der Waals surface area contributed by atoms with Crippen LogP contribution in [-0.4, -0.2) is 28.4 Å². The Kier molecular flexibility index (Phi) is 4.38. The van der Waals surface area contributed by atoms with Crippen molar-refractivity contribution in [2.75, 3.05) is 6.54 Å². The SMILES string of the molecule is CCc1ccc(C2C(C(=O)O)c3ccccc3C(=O)N2CC)cc1. The molecule has 0 fully saturated rings. The third-order valence-corrected chi connectivity index (χ3v) is 4.77. The van der Waals surface area contributed by atoms with E-state index < -0.39 is 17.9 Å². The van der Waals surface area contributed by atoms with Crippen LogP contribution in [0.5, 0.6) is 0 Å². The van der Waals surface area contributed by atoms with Crippen molar-refractivity contribution in [2.45, 2.75) is 32.2 Å². The monoisotopic (exact) mass is 323 g/mol. The summed E-state index contributed by atoms with van der Waals surface area (Å²) in [5.74, 6) is -1.76. The molecule has 2 atom stereocenters. The minimum atomic E-state index is -0.905. The van der Waals surface area contributed by atoms with E-state index in [1.54, 1.807) is 29.2 Å². The van der Waals surface area contributed by atoms with Crippen LogP contribution in [0.4, 0.5) is 0 Å². The Hall–Kier alpha value is -2.62. The largest absolute Gasteiger partial charge is 0.481 e. The van der Waals surface area contributed by atoms with Crippen LogP contribution in [0, 0.1) is 0 Å². The minimum absolute atomic E-state index is 0.102. The van der Waals surface area contributed by atoms with Gasteiger partial charge in [0.2, 0.25) is 0 Å². The van der Waals surface area contributed by atoms with E-state index in [2.05, 4.69) is 6.92 Å². The number of carbonyl (C=O) groups excluding carboxylic acids is 1. The van der Waals surface area contributed by atoms with E-state index in [0.717, 1.165) is 12.0 Å². The molecule has 1 aliphatic heterocycles. The Morgan fingerprint density at radius 1 is 1.08 bits per heavy atom. The van der Waals surface area contributed by atoms with E-state index in [1.165, 1.54) is 5.56 Å². The zero-order valence-corrected chi connectivity index (χ0v) is 13.9. The summed E-state index contributed by atoms with van der Waals surface area (Å²) in [7, 11) is 0.